The van der Waals surface area contributed by atoms with Crippen LogP contribution in [0, 0.1) is 0 Å². The molecule has 0 fully saturated rings. The third-order valence-electron chi connectivity index (χ3n) is 1.91. The molecule has 12 heavy (non-hydrogen) atoms. The molecule has 0 spiro atoms. The van der Waals surface area contributed by atoms with E-state index in [1.165, 1.54) is 0 Å². The standard InChI is InChI=1S/C9H14N2O/c1-3-8-7-9(5-4-6-12)11(2)10-8/h6-7H,3-5H2,1-2H3. The molecule has 3 nitrogen and oxygen atoms in total. The number of aryl methyl sites for hydroxylation is 3. The molecule has 0 N–H and O–H groups in total. The van der Waals surface area contributed by atoms with Gasteiger partial charge < -0.3 is 4.79 Å². The Morgan fingerprint density at radius 3 is 2.92 bits per heavy atom. The summed E-state index contributed by atoms with van der Waals surface area (Å²) < 4.78 is 1.85. The first-order chi connectivity index (χ1) is 5.77. The van der Waals surface area contributed by atoms with Crippen molar-refractivity contribution in [3.63, 3.8) is 0 Å². The van der Waals surface area contributed by atoms with Crippen LogP contribution in [0.3, 0.4) is 0 Å². The lowest BCUT2D eigenvalue weighted by Gasteiger charge is -1.95. The van der Waals surface area contributed by atoms with E-state index in [1.807, 2.05) is 11.7 Å². The van der Waals surface area contributed by atoms with Gasteiger partial charge in [0.2, 0.25) is 0 Å². The number of rotatable bonds is 4. The first-order valence-corrected chi connectivity index (χ1v) is 4.23. The molecule has 0 aromatic carbocycles. The van der Waals surface area contributed by atoms with Crippen LogP contribution in [-0.2, 0) is 24.7 Å². The lowest BCUT2D eigenvalue weighted by atomic mass is 10.2. The molecule has 0 unspecified atom stereocenters. The third-order valence-corrected chi connectivity index (χ3v) is 1.91. The molecule has 0 aliphatic rings. The molecule has 0 amide bonds. The first kappa shape index (κ1) is 8.97. The summed E-state index contributed by atoms with van der Waals surface area (Å²) in [5, 5.41) is 4.28. The zero-order chi connectivity index (χ0) is 8.97. The lowest BCUT2D eigenvalue weighted by molar-refractivity contribution is -0.107. The number of nitrogens with zero attached hydrogens (tertiary/aromatic N) is 2. The molecule has 0 saturated carbocycles. The lowest BCUT2D eigenvalue weighted by Crippen LogP contribution is -1.98. The summed E-state index contributed by atoms with van der Waals surface area (Å²) in [4.78, 5) is 10.1. The Morgan fingerprint density at radius 2 is 2.42 bits per heavy atom. The number of aromatic nitrogens is 2. The third kappa shape index (κ3) is 1.94. The molecule has 0 aliphatic heterocycles. The molecule has 0 saturated heterocycles. The molecule has 1 aromatic heterocycles. The molecule has 66 valence electrons. The molecule has 1 heterocycles. The highest BCUT2D eigenvalue weighted by Gasteiger charge is 2.01. The Kier molecular flexibility index (Phi) is 3.02. The fourth-order valence-corrected chi connectivity index (χ4v) is 1.19. The Bertz CT molecular complexity index is 265. The van der Waals surface area contributed by atoms with Crippen molar-refractivity contribution >= 4 is 6.29 Å². The van der Waals surface area contributed by atoms with Crippen LogP contribution < -0.4 is 0 Å². The van der Waals surface area contributed by atoms with Gasteiger partial charge in [0.25, 0.3) is 0 Å². The van der Waals surface area contributed by atoms with Gasteiger partial charge in [-0.3, -0.25) is 4.68 Å². The van der Waals surface area contributed by atoms with Gasteiger partial charge in [-0.2, -0.15) is 5.10 Å². The number of hydrogen-bond acceptors (Lipinski definition) is 2. The second-order valence-electron chi connectivity index (χ2n) is 2.81. The van der Waals surface area contributed by atoms with Crippen molar-refractivity contribution in [2.24, 2.45) is 7.05 Å². The maximum Gasteiger partial charge on any atom is 0.120 e. The van der Waals surface area contributed by atoms with Crippen molar-refractivity contribution in [1.29, 1.82) is 0 Å². The zero-order valence-corrected chi connectivity index (χ0v) is 7.58. The molecule has 0 bridgehead atoms. The predicted octanol–water partition coefficient (Wildman–Crippen LogP) is 1.11. The van der Waals surface area contributed by atoms with E-state index in [2.05, 4.69) is 18.1 Å². The summed E-state index contributed by atoms with van der Waals surface area (Å²) in [5.74, 6) is 0. The minimum atomic E-state index is 0.586. The van der Waals surface area contributed by atoms with Gasteiger partial charge in [0.15, 0.2) is 0 Å². The van der Waals surface area contributed by atoms with Gasteiger partial charge in [0.1, 0.15) is 6.29 Å². The van der Waals surface area contributed by atoms with E-state index in [1.54, 1.807) is 0 Å². The number of aldehydes is 1. The summed E-state index contributed by atoms with van der Waals surface area (Å²) in [5.41, 5.74) is 2.23. The minimum Gasteiger partial charge on any atom is -0.303 e. The molecule has 1 rings (SSSR count). The molecule has 3 heteroatoms. The van der Waals surface area contributed by atoms with Crippen molar-refractivity contribution < 1.29 is 4.79 Å². The van der Waals surface area contributed by atoms with Crippen LogP contribution in [0.15, 0.2) is 6.07 Å². The van der Waals surface area contributed by atoms with E-state index < -0.39 is 0 Å². The van der Waals surface area contributed by atoms with E-state index >= 15 is 0 Å². The quantitative estimate of drug-likeness (QED) is 0.628. The molecular weight excluding hydrogens is 152 g/mol. The molecule has 0 radical (unpaired) electrons. The van der Waals surface area contributed by atoms with Crippen LogP contribution in [0.5, 0.6) is 0 Å². The summed E-state index contributed by atoms with van der Waals surface area (Å²) in [6, 6.07) is 2.06. The normalized spacial score (nSPS) is 10.2. The van der Waals surface area contributed by atoms with E-state index in [0.717, 1.165) is 30.5 Å². The van der Waals surface area contributed by atoms with Crippen molar-refractivity contribution in [2.75, 3.05) is 0 Å². The average Bonchev–Trinajstić information content (AvgIpc) is 2.43. The SMILES string of the molecule is CCc1cc(CCC=O)n(C)n1. The van der Waals surface area contributed by atoms with Gasteiger partial charge in [0, 0.05) is 19.2 Å². The van der Waals surface area contributed by atoms with Crippen LogP contribution in [0.2, 0.25) is 0 Å². The molecule has 0 atom stereocenters. The molecular formula is C9H14N2O. The smallest absolute Gasteiger partial charge is 0.120 e. The van der Waals surface area contributed by atoms with E-state index in [4.69, 9.17) is 0 Å². The maximum atomic E-state index is 10.1. The van der Waals surface area contributed by atoms with Crippen LogP contribution in [-0.4, -0.2) is 16.1 Å². The first-order valence-electron chi connectivity index (χ1n) is 4.23. The number of carbonyl (C=O) groups is 1. The second kappa shape index (κ2) is 4.04. The summed E-state index contributed by atoms with van der Waals surface area (Å²) in [6.45, 7) is 2.08. The number of hydrogen-bond donors (Lipinski definition) is 0. The van der Waals surface area contributed by atoms with Gasteiger partial charge in [-0.05, 0) is 18.9 Å². The zero-order valence-electron chi connectivity index (χ0n) is 7.58. The highest BCUT2D eigenvalue weighted by molar-refractivity contribution is 5.49. The monoisotopic (exact) mass is 166 g/mol. The van der Waals surface area contributed by atoms with Gasteiger partial charge >= 0.3 is 0 Å². The Hall–Kier alpha value is -1.12. The van der Waals surface area contributed by atoms with Crippen LogP contribution in [0.1, 0.15) is 24.7 Å². The van der Waals surface area contributed by atoms with E-state index in [9.17, 15) is 4.79 Å². The number of carbonyl (C=O) groups excluding carboxylic acids is 1. The van der Waals surface area contributed by atoms with Gasteiger partial charge in [-0.25, -0.2) is 0 Å². The van der Waals surface area contributed by atoms with Gasteiger partial charge in [-0.15, -0.1) is 0 Å². The van der Waals surface area contributed by atoms with Gasteiger partial charge in [0.05, 0.1) is 5.69 Å². The largest absolute Gasteiger partial charge is 0.303 e. The molecule has 0 aliphatic carbocycles. The van der Waals surface area contributed by atoms with Crippen LogP contribution in [0.25, 0.3) is 0 Å². The summed E-state index contributed by atoms with van der Waals surface area (Å²) in [7, 11) is 1.92. The van der Waals surface area contributed by atoms with E-state index in [-0.39, 0.29) is 0 Å². The fraction of sp³-hybridized carbons (Fsp3) is 0.556. The summed E-state index contributed by atoms with van der Waals surface area (Å²) >= 11 is 0. The Labute approximate surface area is 72.4 Å². The topological polar surface area (TPSA) is 34.9 Å². The fourth-order valence-electron chi connectivity index (χ4n) is 1.19. The van der Waals surface area contributed by atoms with Crippen molar-refractivity contribution in [2.45, 2.75) is 26.2 Å². The predicted molar refractivity (Wildman–Crippen MR) is 47.0 cm³/mol. The second-order valence-corrected chi connectivity index (χ2v) is 2.81. The minimum absolute atomic E-state index is 0.586. The van der Waals surface area contributed by atoms with Crippen LogP contribution in [0.4, 0.5) is 0 Å². The summed E-state index contributed by atoms with van der Waals surface area (Å²) in [6.07, 6.45) is 3.28. The van der Waals surface area contributed by atoms with Crippen molar-refractivity contribution in [3.05, 3.63) is 17.5 Å². The Morgan fingerprint density at radius 1 is 1.67 bits per heavy atom. The van der Waals surface area contributed by atoms with E-state index in [0.29, 0.717) is 6.42 Å². The van der Waals surface area contributed by atoms with Crippen molar-refractivity contribution in [3.8, 4) is 0 Å². The maximum absolute atomic E-state index is 10.1. The van der Waals surface area contributed by atoms with Crippen molar-refractivity contribution in [1.82, 2.24) is 9.78 Å². The average molecular weight is 166 g/mol. The Balaban J connectivity index is 2.70. The van der Waals surface area contributed by atoms with Gasteiger partial charge in [-0.1, -0.05) is 6.92 Å². The highest BCUT2D eigenvalue weighted by Crippen LogP contribution is 2.05. The molecule has 1 aromatic rings. The highest BCUT2D eigenvalue weighted by atomic mass is 16.1. The van der Waals surface area contributed by atoms with Crippen LogP contribution >= 0.6 is 0 Å².